The largest absolute Gasteiger partial charge is 0.385 e. The number of rotatable bonds is 0. The molecule has 0 saturated carbocycles. The number of nitrogens with one attached hydrogen (secondary N) is 1. The molecule has 1 nitrogen and oxygen atoms in total. The summed E-state index contributed by atoms with van der Waals surface area (Å²) in [7, 11) is 0. The van der Waals surface area contributed by atoms with E-state index in [1.165, 1.54) is 28.6 Å². The van der Waals surface area contributed by atoms with E-state index in [4.69, 9.17) is 0 Å². The van der Waals surface area contributed by atoms with Gasteiger partial charge in [0.1, 0.15) is 0 Å². The molecular weight excluding hydrogens is 238 g/mol. The summed E-state index contributed by atoms with van der Waals surface area (Å²) in [4.78, 5) is 0. The fraction of sp³-hybridized carbons (Fsp3) is 0.500. The molecule has 0 fully saturated rings. The molecule has 0 unspecified atom stereocenters. The van der Waals surface area contributed by atoms with Crippen LogP contribution < -0.4 is 5.32 Å². The van der Waals surface area contributed by atoms with Crippen molar-refractivity contribution in [2.24, 2.45) is 0 Å². The lowest BCUT2D eigenvalue weighted by Gasteiger charge is -2.26. The number of fused-ring (bicyclic) bond motifs is 1. The number of anilines is 1. The first-order valence-corrected chi connectivity index (χ1v) is 5.93. The molecule has 0 radical (unpaired) electrons. The smallest absolute Gasteiger partial charge is 0.0389 e. The average Bonchev–Trinajstić information content (AvgIpc) is 2.25. The van der Waals surface area contributed by atoms with E-state index in [0.717, 1.165) is 6.54 Å². The fourth-order valence-corrected chi connectivity index (χ4v) is 3.14. The molecule has 0 saturated heterocycles. The summed E-state index contributed by atoms with van der Waals surface area (Å²) >= 11 is 3.65. The Morgan fingerprint density at radius 1 is 1.36 bits per heavy atom. The molecule has 1 aliphatic rings. The van der Waals surface area contributed by atoms with Gasteiger partial charge >= 0.3 is 0 Å². The molecule has 0 amide bonds. The molecule has 1 aliphatic heterocycles. The Balaban J connectivity index is 2.58. The topological polar surface area (TPSA) is 12.0 Å². The summed E-state index contributed by atoms with van der Waals surface area (Å²) in [5, 5.41) is 3.49. The highest BCUT2D eigenvalue weighted by Gasteiger charge is 2.27. The van der Waals surface area contributed by atoms with Crippen LogP contribution in [0.1, 0.15) is 32.3 Å². The van der Waals surface area contributed by atoms with Crippen molar-refractivity contribution in [1.82, 2.24) is 0 Å². The summed E-state index contributed by atoms with van der Waals surface area (Å²) in [6.07, 6.45) is 2.49. The number of halogens is 1. The van der Waals surface area contributed by atoms with E-state index in [-0.39, 0.29) is 5.41 Å². The van der Waals surface area contributed by atoms with Gasteiger partial charge < -0.3 is 5.32 Å². The maximum Gasteiger partial charge on any atom is 0.0389 e. The highest BCUT2D eigenvalue weighted by molar-refractivity contribution is 9.10. The highest BCUT2D eigenvalue weighted by Crippen LogP contribution is 2.40. The van der Waals surface area contributed by atoms with Crippen molar-refractivity contribution in [3.8, 4) is 0 Å². The molecule has 1 N–H and O–H groups in total. The molecule has 14 heavy (non-hydrogen) atoms. The van der Waals surface area contributed by atoms with Crippen molar-refractivity contribution < 1.29 is 0 Å². The summed E-state index contributed by atoms with van der Waals surface area (Å²) < 4.78 is 1.23. The third kappa shape index (κ3) is 1.68. The normalized spacial score (nSPS) is 19.4. The molecule has 1 aromatic carbocycles. The Bertz CT molecular complexity index is 344. The predicted molar refractivity (Wildman–Crippen MR) is 64.9 cm³/mol. The van der Waals surface area contributed by atoms with Crippen LogP contribution in [0.25, 0.3) is 0 Å². The van der Waals surface area contributed by atoms with Gasteiger partial charge in [-0.3, -0.25) is 0 Å². The van der Waals surface area contributed by atoms with Gasteiger partial charge in [0.15, 0.2) is 0 Å². The van der Waals surface area contributed by atoms with Crippen LogP contribution in [-0.4, -0.2) is 6.54 Å². The Kier molecular flexibility index (Phi) is 2.56. The van der Waals surface area contributed by atoms with E-state index >= 15 is 0 Å². The lowest BCUT2D eigenvalue weighted by Crippen LogP contribution is -2.16. The molecule has 76 valence electrons. The first-order chi connectivity index (χ1) is 6.61. The molecule has 0 bridgehead atoms. The molecule has 2 rings (SSSR count). The Labute approximate surface area is 94.0 Å². The monoisotopic (exact) mass is 253 g/mol. The summed E-state index contributed by atoms with van der Waals surface area (Å²) in [6, 6.07) is 6.40. The third-order valence-electron chi connectivity index (χ3n) is 2.98. The number of benzene rings is 1. The second kappa shape index (κ2) is 3.58. The van der Waals surface area contributed by atoms with Crippen LogP contribution in [-0.2, 0) is 5.41 Å². The van der Waals surface area contributed by atoms with Crippen molar-refractivity contribution in [2.75, 3.05) is 11.9 Å². The fourth-order valence-electron chi connectivity index (χ4n) is 2.24. The maximum absolute atomic E-state index is 3.65. The average molecular weight is 254 g/mol. The second-order valence-electron chi connectivity index (χ2n) is 4.58. The second-order valence-corrected chi connectivity index (χ2v) is 5.43. The van der Waals surface area contributed by atoms with Crippen LogP contribution in [0.3, 0.4) is 0 Å². The first-order valence-electron chi connectivity index (χ1n) is 5.14. The van der Waals surface area contributed by atoms with E-state index in [9.17, 15) is 0 Å². The summed E-state index contributed by atoms with van der Waals surface area (Å²) in [6.45, 7) is 5.74. The molecule has 0 aromatic heterocycles. The Morgan fingerprint density at radius 3 is 2.93 bits per heavy atom. The van der Waals surface area contributed by atoms with Gasteiger partial charge in [0.2, 0.25) is 0 Å². The molecule has 2 heteroatoms. The van der Waals surface area contributed by atoms with Crippen molar-refractivity contribution >= 4 is 21.6 Å². The zero-order valence-electron chi connectivity index (χ0n) is 8.73. The Morgan fingerprint density at radius 2 is 2.14 bits per heavy atom. The van der Waals surface area contributed by atoms with Gasteiger partial charge in [-0.1, -0.05) is 35.8 Å². The van der Waals surface area contributed by atoms with Crippen molar-refractivity contribution in [3.05, 3.63) is 28.2 Å². The SMILES string of the molecule is CC1(C)CCCNc2cccc(Br)c21. The number of hydrogen-bond donors (Lipinski definition) is 1. The molecule has 1 heterocycles. The lowest BCUT2D eigenvalue weighted by molar-refractivity contribution is 0.477. The minimum Gasteiger partial charge on any atom is -0.385 e. The van der Waals surface area contributed by atoms with Crippen LogP contribution in [0.2, 0.25) is 0 Å². The van der Waals surface area contributed by atoms with Crippen molar-refractivity contribution in [3.63, 3.8) is 0 Å². The van der Waals surface area contributed by atoms with Crippen LogP contribution >= 0.6 is 15.9 Å². The standard InChI is InChI=1S/C12H16BrN/c1-12(2)7-4-8-14-10-6-3-5-9(13)11(10)12/h3,5-6,14H,4,7-8H2,1-2H3. The quantitative estimate of drug-likeness (QED) is 0.739. The first kappa shape index (κ1) is 10.0. The molecule has 0 spiro atoms. The molecular formula is C12H16BrN. The van der Waals surface area contributed by atoms with Crippen LogP contribution in [0.15, 0.2) is 22.7 Å². The minimum atomic E-state index is 0.277. The predicted octanol–water partition coefficient (Wildman–Crippen LogP) is 3.93. The van der Waals surface area contributed by atoms with E-state index in [2.05, 4.69) is 53.3 Å². The Hall–Kier alpha value is -0.500. The van der Waals surface area contributed by atoms with Gasteiger partial charge in [-0.2, -0.15) is 0 Å². The van der Waals surface area contributed by atoms with Gasteiger partial charge in [0.05, 0.1) is 0 Å². The van der Waals surface area contributed by atoms with Crippen LogP contribution in [0.4, 0.5) is 5.69 Å². The van der Waals surface area contributed by atoms with Crippen LogP contribution in [0, 0.1) is 0 Å². The molecule has 0 atom stereocenters. The zero-order valence-corrected chi connectivity index (χ0v) is 10.3. The van der Waals surface area contributed by atoms with Gasteiger partial charge in [-0.05, 0) is 36.0 Å². The van der Waals surface area contributed by atoms with E-state index in [1.54, 1.807) is 0 Å². The minimum absolute atomic E-state index is 0.277. The van der Waals surface area contributed by atoms with E-state index in [1.807, 2.05) is 0 Å². The highest BCUT2D eigenvalue weighted by atomic mass is 79.9. The third-order valence-corrected chi connectivity index (χ3v) is 3.65. The zero-order chi connectivity index (χ0) is 10.2. The van der Waals surface area contributed by atoms with Gasteiger partial charge in [0.25, 0.3) is 0 Å². The summed E-state index contributed by atoms with van der Waals surface area (Å²) in [5.41, 5.74) is 3.00. The molecule has 0 aliphatic carbocycles. The van der Waals surface area contributed by atoms with Crippen molar-refractivity contribution in [2.45, 2.75) is 32.1 Å². The van der Waals surface area contributed by atoms with Crippen LogP contribution in [0.5, 0.6) is 0 Å². The summed E-state index contributed by atoms with van der Waals surface area (Å²) in [5.74, 6) is 0. The lowest BCUT2D eigenvalue weighted by atomic mass is 9.80. The van der Waals surface area contributed by atoms with Gasteiger partial charge in [-0.15, -0.1) is 0 Å². The van der Waals surface area contributed by atoms with Crippen molar-refractivity contribution in [1.29, 1.82) is 0 Å². The van der Waals surface area contributed by atoms with Gasteiger partial charge in [0, 0.05) is 16.7 Å². The maximum atomic E-state index is 3.65. The molecule has 1 aromatic rings. The van der Waals surface area contributed by atoms with Gasteiger partial charge in [-0.25, -0.2) is 0 Å². The number of hydrogen-bond acceptors (Lipinski definition) is 1. The van der Waals surface area contributed by atoms with E-state index in [0.29, 0.717) is 0 Å². The van der Waals surface area contributed by atoms with E-state index < -0.39 is 0 Å².